The summed E-state index contributed by atoms with van der Waals surface area (Å²) in [6.45, 7) is 0.227. The molecule has 6 heteroatoms. The molecule has 0 saturated heterocycles. The number of aliphatic hydroxyl groups is 1. The average molecular weight is 329 g/mol. The maximum absolute atomic E-state index is 13.9. The van der Waals surface area contributed by atoms with Crippen molar-refractivity contribution in [3.05, 3.63) is 53.3 Å². The van der Waals surface area contributed by atoms with Gasteiger partial charge in [-0.1, -0.05) is 29.8 Å². The van der Waals surface area contributed by atoms with Gasteiger partial charge in [0.05, 0.1) is 17.7 Å². The molecule has 112 valence electrons. The summed E-state index contributed by atoms with van der Waals surface area (Å²) in [5, 5.41) is 11.4. The van der Waals surface area contributed by atoms with Crippen molar-refractivity contribution >= 4 is 23.2 Å². The van der Waals surface area contributed by atoms with Crippen LogP contribution in [0.1, 0.15) is 18.4 Å². The van der Waals surface area contributed by atoms with Gasteiger partial charge in [-0.2, -0.15) is 0 Å². The van der Waals surface area contributed by atoms with Crippen LogP contribution in [0.25, 0.3) is 0 Å². The molecular formula is C15H15Cl2FN2O. The highest BCUT2D eigenvalue weighted by Crippen LogP contribution is 2.53. The molecule has 1 heterocycles. The molecule has 2 aromatic rings. The van der Waals surface area contributed by atoms with Gasteiger partial charge in [0.25, 0.3) is 0 Å². The minimum Gasteiger partial charge on any atom is -0.386 e. The topological polar surface area (TPSA) is 38.0 Å². The van der Waals surface area contributed by atoms with Gasteiger partial charge in [-0.15, -0.1) is 11.6 Å². The third-order valence-corrected chi connectivity index (χ3v) is 4.93. The Morgan fingerprint density at radius 3 is 2.67 bits per heavy atom. The van der Waals surface area contributed by atoms with E-state index in [2.05, 4.69) is 4.98 Å². The highest BCUT2D eigenvalue weighted by Gasteiger charge is 2.57. The molecule has 1 atom stereocenters. The van der Waals surface area contributed by atoms with Gasteiger partial charge in [-0.05, 0) is 24.5 Å². The van der Waals surface area contributed by atoms with E-state index in [1.807, 2.05) is 0 Å². The molecule has 1 unspecified atom stereocenters. The van der Waals surface area contributed by atoms with Crippen molar-refractivity contribution in [2.24, 2.45) is 0 Å². The molecule has 0 radical (unpaired) electrons. The second-order valence-electron chi connectivity index (χ2n) is 5.63. The Bertz CT molecular complexity index is 657. The van der Waals surface area contributed by atoms with E-state index < -0.39 is 10.5 Å². The van der Waals surface area contributed by atoms with Crippen LogP contribution in [0.4, 0.5) is 4.39 Å². The normalized spacial score (nSPS) is 19.2. The summed E-state index contributed by atoms with van der Waals surface area (Å²) in [4.78, 5) is 3.21. The van der Waals surface area contributed by atoms with Crippen molar-refractivity contribution in [1.82, 2.24) is 9.55 Å². The second kappa shape index (κ2) is 5.27. The summed E-state index contributed by atoms with van der Waals surface area (Å²) in [7, 11) is 0. The van der Waals surface area contributed by atoms with Crippen molar-refractivity contribution in [3.63, 3.8) is 0 Å². The lowest BCUT2D eigenvalue weighted by molar-refractivity contribution is 0.0102. The quantitative estimate of drug-likeness (QED) is 0.854. The van der Waals surface area contributed by atoms with Gasteiger partial charge < -0.3 is 9.67 Å². The molecule has 1 saturated carbocycles. The van der Waals surface area contributed by atoms with Crippen LogP contribution in [0.3, 0.4) is 0 Å². The minimum atomic E-state index is -1.25. The number of hydrogen-bond acceptors (Lipinski definition) is 2. The van der Waals surface area contributed by atoms with E-state index in [1.54, 1.807) is 29.0 Å². The zero-order valence-corrected chi connectivity index (χ0v) is 12.8. The first-order valence-corrected chi connectivity index (χ1v) is 7.49. The van der Waals surface area contributed by atoms with Crippen LogP contribution in [-0.4, -0.2) is 25.1 Å². The maximum Gasteiger partial charge on any atom is 0.146 e. The summed E-state index contributed by atoms with van der Waals surface area (Å²) in [6.07, 6.45) is 4.73. The third-order valence-electron chi connectivity index (χ3n) is 4.01. The van der Waals surface area contributed by atoms with Crippen LogP contribution in [-0.2, 0) is 13.0 Å². The molecular weight excluding hydrogens is 314 g/mol. The fourth-order valence-electron chi connectivity index (χ4n) is 2.61. The van der Waals surface area contributed by atoms with E-state index in [4.69, 9.17) is 23.2 Å². The van der Waals surface area contributed by atoms with Gasteiger partial charge in [0.1, 0.15) is 16.6 Å². The average Bonchev–Trinajstić information content (AvgIpc) is 3.07. The summed E-state index contributed by atoms with van der Waals surface area (Å²) < 4.78 is 15.6. The van der Waals surface area contributed by atoms with E-state index in [0.29, 0.717) is 23.6 Å². The molecule has 0 amide bonds. The SMILES string of the molecule is OC(Cc1ccccc1F)(Cn1cnc(Cl)c1)C1(Cl)CC1. The van der Waals surface area contributed by atoms with Gasteiger partial charge >= 0.3 is 0 Å². The standard InChI is InChI=1S/C15H15Cl2FN2O/c16-13-8-20(10-19-13)9-15(21,14(17)5-6-14)7-11-3-1-2-4-12(11)18/h1-4,8,10,21H,5-7,9H2. The lowest BCUT2D eigenvalue weighted by Crippen LogP contribution is -2.47. The predicted molar refractivity (Wildman–Crippen MR) is 80.1 cm³/mol. The fraction of sp³-hybridized carbons (Fsp3) is 0.400. The molecule has 1 aliphatic carbocycles. The molecule has 0 aliphatic heterocycles. The molecule has 1 aliphatic rings. The van der Waals surface area contributed by atoms with Crippen LogP contribution in [0, 0.1) is 5.82 Å². The van der Waals surface area contributed by atoms with Crippen molar-refractivity contribution in [1.29, 1.82) is 0 Å². The Morgan fingerprint density at radius 1 is 1.38 bits per heavy atom. The maximum atomic E-state index is 13.9. The summed E-state index contributed by atoms with van der Waals surface area (Å²) >= 11 is 12.3. The smallest absolute Gasteiger partial charge is 0.146 e. The van der Waals surface area contributed by atoms with Crippen LogP contribution < -0.4 is 0 Å². The lowest BCUT2D eigenvalue weighted by Gasteiger charge is -2.33. The minimum absolute atomic E-state index is 0.152. The highest BCUT2D eigenvalue weighted by molar-refractivity contribution is 6.29. The van der Waals surface area contributed by atoms with Crippen molar-refractivity contribution in [3.8, 4) is 0 Å². The summed E-state index contributed by atoms with van der Waals surface area (Å²) in [6, 6.07) is 6.43. The molecule has 1 aromatic heterocycles. The van der Waals surface area contributed by atoms with E-state index >= 15 is 0 Å². The lowest BCUT2D eigenvalue weighted by atomic mass is 9.88. The molecule has 3 rings (SSSR count). The van der Waals surface area contributed by atoms with Crippen molar-refractivity contribution in [2.45, 2.75) is 36.3 Å². The Hall–Kier alpha value is -1.10. The zero-order chi connectivity index (χ0) is 15.1. The van der Waals surface area contributed by atoms with E-state index in [-0.39, 0.29) is 18.8 Å². The molecule has 0 spiro atoms. The number of hydrogen-bond donors (Lipinski definition) is 1. The molecule has 0 bridgehead atoms. The first-order chi connectivity index (χ1) is 9.92. The largest absolute Gasteiger partial charge is 0.386 e. The Labute approximate surface area is 132 Å². The first-order valence-electron chi connectivity index (χ1n) is 6.74. The van der Waals surface area contributed by atoms with Gasteiger partial charge in [0.2, 0.25) is 0 Å². The van der Waals surface area contributed by atoms with Gasteiger partial charge in [-0.3, -0.25) is 0 Å². The second-order valence-corrected chi connectivity index (χ2v) is 6.74. The highest BCUT2D eigenvalue weighted by atomic mass is 35.5. The Morgan fingerprint density at radius 2 is 2.10 bits per heavy atom. The predicted octanol–water partition coefficient (Wildman–Crippen LogP) is 3.42. The van der Waals surface area contributed by atoms with Crippen LogP contribution in [0.2, 0.25) is 5.15 Å². The monoisotopic (exact) mass is 328 g/mol. The van der Waals surface area contributed by atoms with Crippen LogP contribution >= 0.6 is 23.2 Å². The Kier molecular flexibility index (Phi) is 3.72. The molecule has 1 fully saturated rings. The number of aromatic nitrogens is 2. The Balaban J connectivity index is 1.89. The van der Waals surface area contributed by atoms with Gasteiger partial charge in [0, 0.05) is 12.6 Å². The number of alkyl halides is 1. The summed E-state index contributed by atoms with van der Waals surface area (Å²) in [5.41, 5.74) is -0.793. The number of imidazole rings is 1. The first kappa shape index (κ1) is 14.8. The van der Waals surface area contributed by atoms with Gasteiger partial charge in [-0.25, -0.2) is 9.37 Å². The molecule has 21 heavy (non-hydrogen) atoms. The molecule has 1 N–H and O–H groups in total. The zero-order valence-electron chi connectivity index (χ0n) is 11.3. The van der Waals surface area contributed by atoms with Crippen LogP contribution in [0.15, 0.2) is 36.8 Å². The van der Waals surface area contributed by atoms with E-state index in [0.717, 1.165) is 0 Å². The van der Waals surface area contributed by atoms with Crippen LogP contribution in [0.5, 0.6) is 0 Å². The van der Waals surface area contributed by atoms with Crippen molar-refractivity contribution < 1.29 is 9.50 Å². The van der Waals surface area contributed by atoms with Gasteiger partial charge in [0.15, 0.2) is 0 Å². The van der Waals surface area contributed by atoms with E-state index in [9.17, 15) is 9.50 Å². The van der Waals surface area contributed by atoms with E-state index in [1.165, 1.54) is 12.4 Å². The summed E-state index contributed by atoms with van der Waals surface area (Å²) in [5.74, 6) is -0.333. The molecule has 1 aromatic carbocycles. The number of halogens is 3. The third kappa shape index (κ3) is 2.93. The number of nitrogens with zero attached hydrogens (tertiary/aromatic N) is 2. The fourth-order valence-corrected chi connectivity index (χ4v) is 3.00. The molecule has 3 nitrogen and oxygen atoms in total. The number of rotatable bonds is 5. The van der Waals surface area contributed by atoms with Crippen molar-refractivity contribution in [2.75, 3.05) is 0 Å². The number of benzene rings is 1.